The van der Waals surface area contributed by atoms with Crippen LogP contribution in [-0.4, -0.2) is 70.6 Å². The van der Waals surface area contributed by atoms with E-state index in [1.807, 2.05) is 10.6 Å². The number of piperidine rings is 1. The first-order chi connectivity index (χ1) is 13.4. The summed E-state index contributed by atoms with van der Waals surface area (Å²) in [5.74, 6) is 2.61. The fourth-order valence-electron chi connectivity index (χ4n) is 4.01. The van der Waals surface area contributed by atoms with Gasteiger partial charge in [0.2, 0.25) is 0 Å². The Balaban J connectivity index is 1.28. The van der Waals surface area contributed by atoms with Gasteiger partial charge in [0.05, 0.1) is 13.2 Å². The molecule has 0 unspecified atom stereocenters. The van der Waals surface area contributed by atoms with Crippen molar-refractivity contribution in [1.29, 1.82) is 0 Å². The van der Waals surface area contributed by atoms with Crippen molar-refractivity contribution in [2.75, 3.05) is 50.8 Å². The summed E-state index contributed by atoms with van der Waals surface area (Å²) in [6, 6.07) is 6.15. The fourth-order valence-corrected chi connectivity index (χ4v) is 4.65. The third-order valence-electron chi connectivity index (χ3n) is 5.59. The van der Waals surface area contributed by atoms with Gasteiger partial charge < -0.3 is 9.64 Å². The van der Waals surface area contributed by atoms with Crippen LogP contribution in [-0.2, 0) is 4.74 Å². The maximum absolute atomic E-state index is 5.46. The molecule has 8 heteroatoms. The standard InChI is InChI=1S/C19H24N6OS/c1-2-18(22-25-17(1)20-21-19(25)16-5-12-27-14-16)24-6-3-15(4-7-24)13-23-8-10-26-11-9-23/h1-2,5,12,14-15H,3-4,6-11,13H2. The van der Waals surface area contributed by atoms with Gasteiger partial charge in [-0.25, -0.2) is 0 Å². The number of ether oxygens (including phenoxy) is 1. The monoisotopic (exact) mass is 384 g/mol. The van der Waals surface area contributed by atoms with Crippen LogP contribution in [0.15, 0.2) is 29.0 Å². The predicted octanol–water partition coefficient (Wildman–Crippen LogP) is 2.40. The van der Waals surface area contributed by atoms with Crippen molar-refractivity contribution < 1.29 is 4.74 Å². The predicted molar refractivity (Wildman–Crippen MR) is 106 cm³/mol. The van der Waals surface area contributed by atoms with E-state index < -0.39 is 0 Å². The van der Waals surface area contributed by atoms with Crippen molar-refractivity contribution >= 4 is 22.8 Å². The molecule has 0 radical (unpaired) electrons. The minimum absolute atomic E-state index is 0.777. The summed E-state index contributed by atoms with van der Waals surface area (Å²) in [5, 5.41) is 17.6. The number of morpholine rings is 1. The first-order valence-corrected chi connectivity index (χ1v) is 10.6. The molecule has 0 atom stereocenters. The molecule has 0 spiro atoms. The zero-order valence-corrected chi connectivity index (χ0v) is 16.1. The molecule has 2 aliphatic heterocycles. The molecule has 5 heterocycles. The van der Waals surface area contributed by atoms with Gasteiger partial charge in [0, 0.05) is 43.7 Å². The number of hydrogen-bond donors (Lipinski definition) is 0. The van der Waals surface area contributed by atoms with Gasteiger partial charge in [-0.3, -0.25) is 4.90 Å². The maximum Gasteiger partial charge on any atom is 0.186 e. The van der Waals surface area contributed by atoms with Gasteiger partial charge in [0.15, 0.2) is 11.5 Å². The van der Waals surface area contributed by atoms with Crippen LogP contribution >= 0.6 is 11.3 Å². The summed E-state index contributed by atoms with van der Waals surface area (Å²) in [5.41, 5.74) is 1.86. The van der Waals surface area contributed by atoms with E-state index in [2.05, 4.69) is 42.9 Å². The first kappa shape index (κ1) is 17.1. The topological polar surface area (TPSA) is 58.8 Å². The van der Waals surface area contributed by atoms with Gasteiger partial charge in [-0.15, -0.1) is 15.3 Å². The number of rotatable bonds is 4. The van der Waals surface area contributed by atoms with E-state index in [1.165, 1.54) is 19.4 Å². The largest absolute Gasteiger partial charge is 0.379 e. The minimum Gasteiger partial charge on any atom is -0.379 e. The van der Waals surface area contributed by atoms with Gasteiger partial charge in [0.25, 0.3) is 0 Å². The first-order valence-electron chi connectivity index (χ1n) is 9.67. The third-order valence-corrected chi connectivity index (χ3v) is 6.27. The van der Waals surface area contributed by atoms with Crippen LogP contribution in [0.25, 0.3) is 17.0 Å². The van der Waals surface area contributed by atoms with Crippen LogP contribution in [0.1, 0.15) is 12.8 Å². The molecule has 2 saturated heterocycles. The zero-order chi connectivity index (χ0) is 18.1. The molecular formula is C19H24N6OS. The molecule has 0 saturated carbocycles. The van der Waals surface area contributed by atoms with Crippen molar-refractivity contribution in [1.82, 2.24) is 24.7 Å². The van der Waals surface area contributed by atoms with Crippen molar-refractivity contribution in [3.63, 3.8) is 0 Å². The Hall–Kier alpha value is -2.03. The average Bonchev–Trinajstić information content (AvgIpc) is 3.38. The molecule has 0 bridgehead atoms. The molecule has 0 amide bonds. The third kappa shape index (κ3) is 3.56. The average molecular weight is 385 g/mol. The molecule has 2 fully saturated rings. The molecule has 5 rings (SSSR count). The Morgan fingerprint density at radius 2 is 1.89 bits per heavy atom. The summed E-state index contributed by atoms with van der Waals surface area (Å²) in [4.78, 5) is 4.95. The summed E-state index contributed by atoms with van der Waals surface area (Å²) in [6.45, 7) is 7.25. The van der Waals surface area contributed by atoms with E-state index in [9.17, 15) is 0 Å². The quantitative estimate of drug-likeness (QED) is 0.688. The molecule has 0 aliphatic carbocycles. The SMILES string of the molecule is c1cc(-c2nnc3ccc(N4CCC(CN5CCOCC5)CC4)nn23)cs1. The van der Waals surface area contributed by atoms with E-state index in [0.717, 1.165) is 68.2 Å². The molecule has 2 aliphatic rings. The van der Waals surface area contributed by atoms with Crippen LogP contribution in [0.2, 0.25) is 0 Å². The van der Waals surface area contributed by atoms with E-state index in [0.29, 0.717) is 0 Å². The highest BCUT2D eigenvalue weighted by Crippen LogP contribution is 2.25. The highest BCUT2D eigenvalue weighted by Gasteiger charge is 2.23. The van der Waals surface area contributed by atoms with E-state index >= 15 is 0 Å². The summed E-state index contributed by atoms with van der Waals surface area (Å²) in [6.07, 6.45) is 2.44. The van der Waals surface area contributed by atoms with Crippen molar-refractivity contribution in [3.05, 3.63) is 29.0 Å². The van der Waals surface area contributed by atoms with Crippen LogP contribution in [0, 0.1) is 5.92 Å². The van der Waals surface area contributed by atoms with Crippen molar-refractivity contribution in [2.24, 2.45) is 5.92 Å². The van der Waals surface area contributed by atoms with Gasteiger partial charge >= 0.3 is 0 Å². The van der Waals surface area contributed by atoms with E-state index in [4.69, 9.17) is 9.84 Å². The molecule has 3 aromatic heterocycles. The Morgan fingerprint density at radius 3 is 2.67 bits per heavy atom. The lowest BCUT2D eigenvalue weighted by Crippen LogP contribution is -2.43. The smallest absolute Gasteiger partial charge is 0.186 e. The number of fused-ring (bicyclic) bond motifs is 1. The number of thiophene rings is 1. The fraction of sp³-hybridized carbons (Fsp3) is 0.526. The summed E-state index contributed by atoms with van der Waals surface area (Å²) in [7, 11) is 0. The second-order valence-corrected chi connectivity index (χ2v) is 8.12. The summed E-state index contributed by atoms with van der Waals surface area (Å²) >= 11 is 1.66. The number of aromatic nitrogens is 4. The van der Waals surface area contributed by atoms with E-state index in [1.54, 1.807) is 11.3 Å². The number of nitrogens with zero attached hydrogens (tertiary/aromatic N) is 6. The van der Waals surface area contributed by atoms with Gasteiger partial charge in [-0.05, 0) is 42.3 Å². The number of anilines is 1. The maximum atomic E-state index is 5.46. The lowest BCUT2D eigenvalue weighted by Gasteiger charge is -2.36. The second-order valence-electron chi connectivity index (χ2n) is 7.34. The van der Waals surface area contributed by atoms with Gasteiger partial charge in [-0.2, -0.15) is 15.9 Å². The molecule has 7 nitrogen and oxygen atoms in total. The Bertz CT molecular complexity index is 881. The van der Waals surface area contributed by atoms with Crippen LogP contribution in [0.4, 0.5) is 5.82 Å². The van der Waals surface area contributed by atoms with E-state index in [-0.39, 0.29) is 0 Å². The Labute approximate surface area is 162 Å². The molecule has 142 valence electrons. The van der Waals surface area contributed by atoms with Crippen LogP contribution in [0.3, 0.4) is 0 Å². The Kier molecular flexibility index (Phi) is 4.77. The lowest BCUT2D eigenvalue weighted by atomic mass is 9.96. The molecule has 27 heavy (non-hydrogen) atoms. The normalized spacial score (nSPS) is 19.8. The van der Waals surface area contributed by atoms with Crippen molar-refractivity contribution in [3.8, 4) is 11.4 Å². The van der Waals surface area contributed by atoms with Crippen LogP contribution < -0.4 is 4.90 Å². The molecular weight excluding hydrogens is 360 g/mol. The van der Waals surface area contributed by atoms with Gasteiger partial charge in [-0.1, -0.05) is 0 Å². The molecule has 3 aromatic rings. The summed E-state index contributed by atoms with van der Waals surface area (Å²) < 4.78 is 7.33. The highest BCUT2D eigenvalue weighted by molar-refractivity contribution is 7.08. The zero-order valence-electron chi connectivity index (χ0n) is 15.3. The lowest BCUT2D eigenvalue weighted by molar-refractivity contribution is 0.0289. The molecule has 0 N–H and O–H groups in total. The molecule has 0 aromatic carbocycles. The second kappa shape index (κ2) is 7.53. The van der Waals surface area contributed by atoms with Crippen LogP contribution in [0.5, 0.6) is 0 Å². The van der Waals surface area contributed by atoms with Gasteiger partial charge in [0.1, 0.15) is 5.82 Å². The number of hydrogen-bond acceptors (Lipinski definition) is 7. The Morgan fingerprint density at radius 1 is 1.04 bits per heavy atom. The highest BCUT2D eigenvalue weighted by atomic mass is 32.1. The minimum atomic E-state index is 0.777. The van der Waals surface area contributed by atoms with Crippen molar-refractivity contribution in [2.45, 2.75) is 12.8 Å².